The molecule has 5 heteroatoms. The smallest absolute Gasteiger partial charge is 0.239 e. The molecule has 2 atom stereocenters. The largest absolute Gasteiger partial charge is 0.394 e. The van der Waals surface area contributed by atoms with Gasteiger partial charge in [-0.2, -0.15) is 11.8 Å². The molecule has 0 saturated heterocycles. The van der Waals surface area contributed by atoms with Crippen molar-refractivity contribution in [3.8, 4) is 0 Å². The maximum atomic E-state index is 11.4. The predicted octanol–water partition coefficient (Wildman–Crippen LogP) is 0.590. The molecule has 16 heavy (non-hydrogen) atoms. The van der Waals surface area contributed by atoms with E-state index in [0.717, 1.165) is 6.42 Å². The molecule has 4 nitrogen and oxygen atoms in total. The van der Waals surface area contributed by atoms with Gasteiger partial charge in [-0.1, -0.05) is 13.8 Å². The lowest BCUT2D eigenvalue weighted by atomic mass is 9.98. The third-order valence-corrected chi connectivity index (χ3v) is 3.80. The van der Waals surface area contributed by atoms with Crippen LogP contribution in [0.1, 0.15) is 27.2 Å². The fraction of sp³-hybridized carbons (Fsp3) is 0.909. The summed E-state index contributed by atoms with van der Waals surface area (Å²) in [6.07, 6.45) is 3.07. The number of amides is 1. The highest BCUT2D eigenvalue weighted by Gasteiger charge is 2.25. The second kappa shape index (κ2) is 7.14. The van der Waals surface area contributed by atoms with Crippen LogP contribution >= 0.6 is 11.8 Å². The minimum Gasteiger partial charge on any atom is -0.394 e. The summed E-state index contributed by atoms with van der Waals surface area (Å²) < 4.78 is 0.0268. The van der Waals surface area contributed by atoms with Crippen LogP contribution in [0.25, 0.3) is 0 Å². The van der Waals surface area contributed by atoms with Gasteiger partial charge in [0.05, 0.1) is 6.61 Å². The molecule has 0 rings (SSSR count). The average Bonchev–Trinajstić information content (AvgIpc) is 2.23. The van der Waals surface area contributed by atoms with Gasteiger partial charge in [0.15, 0.2) is 0 Å². The van der Waals surface area contributed by atoms with Gasteiger partial charge in [0, 0.05) is 11.3 Å². The van der Waals surface area contributed by atoms with Crippen molar-refractivity contribution < 1.29 is 9.90 Å². The van der Waals surface area contributed by atoms with Crippen molar-refractivity contribution in [1.29, 1.82) is 0 Å². The van der Waals surface area contributed by atoms with E-state index in [4.69, 9.17) is 10.8 Å². The number of carbonyl (C=O) groups excluding carboxylic acids is 1. The lowest BCUT2D eigenvalue weighted by molar-refractivity contribution is -0.123. The molecule has 0 aliphatic carbocycles. The van der Waals surface area contributed by atoms with Gasteiger partial charge >= 0.3 is 0 Å². The van der Waals surface area contributed by atoms with Crippen LogP contribution in [0.3, 0.4) is 0 Å². The Morgan fingerprint density at radius 3 is 2.50 bits per heavy atom. The fourth-order valence-corrected chi connectivity index (χ4v) is 2.30. The Morgan fingerprint density at radius 2 is 2.12 bits per heavy atom. The second-order valence-electron chi connectivity index (χ2n) is 4.76. The lowest BCUT2D eigenvalue weighted by Gasteiger charge is -2.30. The Hall–Kier alpha value is -0.260. The Kier molecular flexibility index (Phi) is 7.03. The first kappa shape index (κ1) is 15.7. The van der Waals surface area contributed by atoms with Crippen molar-refractivity contribution >= 4 is 17.7 Å². The molecule has 0 aromatic rings. The van der Waals surface area contributed by atoms with Crippen molar-refractivity contribution in [3.63, 3.8) is 0 Å². The highest BCUT2D eigenvalue weighted by molar-refractivity contribution is 8.00. The van der Waals surface area contributed by atoms with E-state index in [2.05, 4.69) is 26.1 Å². The summed E-state index contributed by atoms with van der Waals surface area (Å²) in [6.45, 7) is 6.72. The SMILES string of the molecule is CSC(C)(CNC(=O)[C@H](N)CO)CC(C)C. The molecular formula is C11H24N2O2S. The van der Waals surface area contributed by atoms with Gasteiger partial charge in [-0.25, -0.2) is 0 Å². The fourth-order valence-electron chi connectivity index (χ4n) is 1.58. The quantitative estimate of drug-likeness (QED) is 0.616. The number of hydrogen-bond donors (Lipinski definition) is 3. The molecular weight excluding hydrogens is 224 g/mol. The molecule has 0 fully saturated rings. The Morgan fingerprint density at radius 1 is 1.56 bits per heavy atom. The van der Waals surface area contributed by atoms with Gasteiger partial charge in [-0.15, -0.1) is 0 Å². The molecule has 0 aliphatic heterocycles. The van der Waals surface area contributed by atoms with E-state index in [0.29, 0.717) is 12.5 Å². The summed E-state index contributed by atoms with van der Waals surface area (Å²) in [4.78, 5) is 11.4. The zero-order chi connectivity index (χ0) is 12.8. The first-order valence-corrected chi connectivity index (χ1v) is 6.76. The van der Waals surface area contributed by atoms with Crippen LogP contribution in [0, 0.1) is 5.92 Å². The third-order valence-electron chi connectivity index (χ3n) is 2.50. The van der Waals surface area contributed by atoms with E-state index in [-0.39, 0.29) is 17.3 Å². The van der Waals surface area contributed by atoms with E-state index in [1.54, 1.807) is 11.8 Å². The van der Waals surface area contributed by atoms with Crippen LogP contribution in [-0.4, -0.2) is 41.2 Å². The Bertz CT molecular complexity index is 224. The number of thioether (sulfide) groups is 1. The van der Waals surface area contributed by atoms with Gasteiger partial charge in [0.25, 0.3) is 0 Å². The Balaban J connectivity index is 4.18. The molecule has 0 spiro atoms. The summed E-state index contributed by atoms with van der Waals surface area (Å²) in [5.74, 6) is 0.299. The summed E-state index contributed by atoms with van der Waals surface area (Å²) in [6, 6.07) is -0.815. The van der Waals surface area contributed by atoms with Crippen molar-refractivity contribution in [3.05, 3.63) is 0 Å². The molecule has 0 aromatic carbocycles. The maximum absolute atomic E-state index is 11.4. The van der Waals surface area contributed by atoms with Gasteiger partial charge < -0.3 is 16.2 Å². The standard InChI is InChI=1S/C11H24N2O2S/c1-8(2)5-11(3,16-4)7-13-10(15)9(12)6-14/h8-9,14H,5-7,12H2,1-4H3,(H,13,15)/t9-,11?/m1/s1. The van der Waals surface area contributed by atoms with E-state index < -0.39 is 6.04 Å². The topological polar surface area (TPSA) is 75.4 Å². The number of carbonyl (C=O) groups is 1. The zero-order valence-corrected chi connectivity index (χ0v) is 11.4. The molecule has 0 aromatic heterocycles. The number of nitrogens with one attached hydrogen (secondary N) is 1. The molecule has 0 aliphatic rings. The number of aliphatic hydroxyl groups excluding tert-OH is 1. The van der Waals surface area contributed by atoms with Crippen molar-refractivity contribution in [2.75, 3.05) is 19.4 Å². The minimum absolute atomic E-state index is 0.0268. The van der Waals surface area contributed by atoms with E-state index >= 15 is 0 Å². The van der Waals surface area contributed by atoms with Crippen LogP contribution < -0.4 is 11.1 Å². The van der Waals surface area contributed by atoms with E-state index in [1.165, 1.54) is 0 Å². The molecule has 1 unspecified atom stereocenters. The van der Waals surface area contributed by atoms with Gasteiger partial charge in [0.2, 0.25) is 5.91 Å². The van der Waals surface area contributed by atoms with Gasteiger partial charge in [-0.05, 0) is 25.5 Å². The molecule has 1 amide bonds. The predicted molar refractivity (Wildman–Crippen MR) is 69.4 cm³/mol. The lowest BCUT2D eigenvalue weighted by Crippen LogP contribution is -2.47. The second-order valence-corrected chi connectivity index (χ2v) is 6.15. The minimum atomic E-state index is -0.815. The van der Waals surface area contributed by atoms with E-state index in [9.17, 15) is 4.79 Å². The molecule has 0 saturated carbocycles. The van der Waals surface area contributed by atoms with Crippen LogP contribution in [-0.2, 0) is 4.79 Å². The van der Waals surface area contributed by atoms with Crippen LogP contribution in [0.4, 0.5) is 0 Å². The monoisotopic (exact) mass is 248 g/mol. The van der Waals surface area contributed by atoms with Crippen LogP contribution in [0.15, 0.2) is 0 Å². The summed E-state index contributed by atoms with van der Waals surface area (Å²) in [7, 11) is 0. The van der Waals surface area contributed by atoms with Crippen LogP contribution in [0.2, 0.25) is 0 Å². The van der Waals surface area contributed by atoms with Gasteiger partial charge in [-0.3, -0.25) is 4.79 Å². The Labute approximate surface area is 102 Å². The third kappa shape index (κ3) is 5.72. The van der Waals surface area contributed by atoms with Crippen LogP contribution in [0.5, 0.6) is 0 Å². The molecule has 0 bridgehead atoms. The van der Waals surface area contributed by atoms with Crippen molar-refractivity contribution in [2.24, 2.45) is 11.7 Å². The number of aliphatic hydroxyl groups is 1. The number of rotatable bonds is 7. The van der Waals surface area contributed by atoms with E-state index in [1.807, 2.05) is 6.26 Å². The maximum Gasteiger partial charge on any atom is 0.239 e. The number of hydrogen-bond acceptors (Lipinski definition) is 4. The highest BCUT2D eigenvalue weighted by Crippen LogP contribution is 2.29. The first-order chi connectivity index (χ1) is 7.34. The van der Waals surface area contributed by atoms with Gasteiger partial charge in [0.1, 0.15) is 6.04 Å². The van der Waals surface area contributed by atoms with Crippen molar-refractivity contribution in [1.82, 2.24) is 5.32 Å². The molecule has 0 heterocycles. The zero-order valence-electron chi connectivity index (χ0n) is 10.6. The summed E-state index contributed by atoms with van der Waals surface area (Å²) >= 11 is 1.74. The summed E-state index contributed by atoms with van der Waals surface area (Å²) in [5.41, 5.74) is 5.42. The normalized spacial score (nSPS) is 16.9. The van der Waals surface area contributed by atoms with Crippen molar-refractivity contribution in [2.45, 2.75) is 38.0 Å². The molecule has 0 radical (unpaired) electrons. The average molecular weight is 248 g/mol. The first-order valence-electron chi connectivity index (χ1n) is 5.54. The highest BCUT2D eigenvalue weighted by atomic mass is 32.2. The number of nitrogens with two attached hydrogens (primary N) is 1. The molecule has 4 N–H and O–H groups in total. The molecule has 96 valence electrons. The summed E-state index contributed by atoms with van der Waals surface area (Å²) in [5, 5.41) is 11.5.